The Hall–Kier alpha value is -2.46. The molecule has 1 N–H and O–H groups in total. The smallest absolute Gasteiger partial charge is 0.231 e. The molecule has 0 aliphatic heterocycles. The first kappa shape index (κ1) is 17.4. The molecule has 0 unspecified atom stereocenters. The molecule has 0 saturated carbocycles. The third kappa shape index (κ3) is 4.34. The van der Waals surface area contributed by atoms with Crippen LogP contribution in [0.4, 0.5) is 5.69 Å². The summed E-state index contributed by atoms with van der Waals surface area (Å²) in [6.07, 6.45) is 1.33. The predicted molar refractivity (Wildman–Crippen MR) is 105 cm³/mol. The quantitative estimate of drug-likeness (QED) is 0.690. The summed E-state index contributed by atoms with van der Waals surface area (Å²) in [4.78, 5) is 18.1. The minimum absolute atomic E-state index is 0.0350. The lowest BCUT2D eigenvalue weighted by Crippen LogP contribution is -2.14. The fourth-order valence-corrected chi connectivity index (χ4v) is 3.71. The van der Waals surface area contributed by atoms with E-state index in [0.717, 1.165) is 38.8 Å². The van der Waals surface area contributed by atoms with Crippen LogP contribution in [0.5, 0.6) is 0 Å². The summed E-state index contributed by atoms with van der Waals surface area (Å²) in [5, 5.41) is 3.79. The van der Waals surface area contributed by atoms with Crippen molar-refractivity contribution in [1.82, 2.24) is 4.98 Å². The van der Waals surface area contributed by atoms with E-state index >= 15 is 0 Å². The number of anilines is 1. The van der Waals surface area contributed by atoms with E-state index in [4.69, 9.17) is 4.98 Å². The maximum Gasteiger partial charge on any atom is 0.231 e. The predicted octanol–water partition coefficient (Wildman–Crippen LogP) is 5.17. The van der Waals surface area contributed by atoms with E-state index in [1.54, 1.807) is 11.3 Å². The van der Waals surface area contributed by atoms with Crippen molar-refractivity contribution in [3.8, 4) is 11.3 Å². The van der Waals surface area contributed by atoms with Gasteiger partial charge >= 0.3 is 0 Å². The molecular weight excluding hydrogens is 328 g/mol. The lowest BCUT2D eigenvalue weighted by Gasteiger charge is -2.04. The van der Waals surface area contributed by atoms with Crippen molar-refractivity contribution in [1.29, 1.82) is 0 Å². The number of hydrogen-bond donors (Lipinski definition) is 1. The summed E-state index contributed by atoms with van der Waals surface area (Å²) < 4.78 is 0. The standard InChI is InChI=1S/C21H22N2OS/c1-4-16-8-10-17(11-9-16)21-15(3)25-20(23-21)13-19(24)22-18-7-5-6-14(2)12-18/h5-12H,4,13H2,1-3H3,(H,22,24). The molecule has 0 radical (unpaired) electrons. The Balaban J connectivity index is 1.72. The van der Waals surface area contributed by atoms with Crippen LogP contribution in [-0.2, 0) is 17.6 Å². The summed E-state index contributed by atoms with van der Waals surface area (Å²) >= 11 is 1.59. The highest BCUT2D eigenvalue weighted by atomic mass is 32.1. The third-order valence-corrected chi connectivity index (χ3v) is 5.06. The molecule has 0 atom stereocenters. The van der Waals surface area contributed by atoms with Crippen LogP contribution in [0.15, 0.2) is 48.5 Å². The van der Waals surface area contributed by atoms with E-state index < -0.39 is 0 Å². The number of aromatic nitrogens is 1. The van der Waals surface area contributed by atoms with Crippen LogP contribution in [0, 0.1) is 13.8 Å². The molecule has 3 nitrogen and oxygen atoms in total. The zero-order valence-electron chi connectivity index (χ0n) is 14.8. The van der Waals surface area contributed by atoms with Gasteiger partial charge in [0.1, 0.15) is 5.01 Å². The second-order valence-corrected chi connectivity index (χ2v) is 7.45. The highest BCUT2D eigenvalue weighted by molar-refractivity contribution is 7.12. The van der Waals surface area contributed by atoms with Crippen molar-refractivity contribution in [3.05, 3.63) is 69.5 Å². The largest absolute Gasteiger partial charge is 0.326 e. The Morgan fingerprint density at radius 1 is 1.12 bits per heavy atom. The topological polar surface area (TPSA) is 42.0 Å². The average Bonchev–Trinajstić information content (AvgIpc) is 2.95. The van der Waals surface area contributed by atoms with E-state index in [1.807, 2.05) is 31.2 Å². The maximum absolute atomic E-state index is 12.3. The van der Waals surface area contributed by atoms with E-state index in [2.05, 4.69) is 43.4 Å². The van der Waals surface area contributed by atoms with Gasteiger partial charge in [0, 0.05) is 16.1 Å². The summed E-state index contributed by atoms with van der Waals surface area (Å²) in [6.45, 7) is 6.21. The van der Waals surface area contributed by atoms with Gasteiger partial charge in [0.05, 0.1) is 12.1 Å². The molecule has 0 aliphatic rings. The van der Waals surface area contributed by atoms with Crippen LogP contribution in [0.1, 0.15) is 27.9 Å². The van der Waals surface area contributed by atoms with Gasteiger partial charge in [-0.3, -0.25) is 4.79 Å². The molecule has 1 heterocycles. The second-order valence-electron chi connectivity index (χ2n) is 6.16. The lowest BCUT2D eigenvalue weighted by atomic mass is 10.1. The molecule has 1 amide bonds. The molecule has 0 fully saturated rings. The van der Waals surface area contributed by atoms with Crippen molar-refractivity contribution in [3.63, 3.8) is 0 Å². The number of thiazole rings is 1. The molecule has 3 rings (SSSR count). The van der Waals surface area contributed by atoms with Crippen molar-refractivity contribution < 1.29 is 4.79 Å². The minimum atomic E-state index is -0.0350. The van der Waals surface area contributed by atoms with Crippen LogP contribution in [-0.4, -0.2) is 10.9 Å². The van der Waals surface area contributed by atoms with Crippen LogP contribution < -0.4 is 5.32 Å². The lowest BCUT2D eigenvalue weighted by molar-refractivity contribution is -0.115. The van der Waals surface area contributed by atoms with Gasteiger partial charge in [-0.1, -0.05) is 43.3 Å². The molecule has 0 spiro atoms. The second kappa shape index (κ2) is 7.62. The van der Waals surface area contributed by atoms with Crippen molar-refractivity contribution in [2.24, 2.45) is 0 Å². The number of aryl methyl sites for hydroxylation is 3. The van der Waals surface area contributed by atoms with E-state index in [1.165, 1.54) is 5.56 Å². The Bertz CT molecular complexity index is 881. The minimum Gasteiger partial charge on any atom is -0.326 e. The maximum atomic E-state index is 12.3. The Labute approximate surface area is 152 Å². The zero-order chi connectivity index (χ0) is 17.8. The molecule has 2 aromatic carbocycles. The molecule has 0 aliphatic carbocycles. The monoisotopic (exact) mass is 350 g/mol. The van der Waals surface area contributed by atoms with Gasteiger partial charge in [-0.2, -0.15) is 0 Å². The van der Waals surface area contributed by atoms with Crippen LogP contribution in [0.3, 0.4) is 0 Å². The number of nitrogens with one attached hydrogen (secondary N) is 1. The summed E-state index contributed by atoms with van der Waals surface area (Å²) in [5.74, 6) is -0.0350. The zero-order valence-corrected chi connectivity index (χ0v) is 15.6. The van der Waals surface area contributed by atoms with Gasteiger partial charge in [0.25, 0.3) is 0 Å². The summed E-state index contributed by atoms with van der Waals surface area (Å²) in [7, 11) is 0. The third-order valence-electron chi connectivity index (χ3n) is 4.09. The fraction of sp³-hybridized carbons (Fsp3) is 0.238. The molecule has 4 heteroatoms. The first-order valence-corrected chi connectivity index (χ1v) is 9.29. The SMILES string of the molecule is CCc1ccc(-c2nc(CC(=O)Nc3cccc(C)c3)sc2C)cc1. The first-order valence-electron chi connectivity index (χ1n) is 8.47. The van der Waals surface area contributed by atoms with E-state index in [9.17, 15) is 4.79 Å². The van der Waals surface area contributed by atoms with Crippen molar-refractivity contribution >= 4 is 22.9 Å². The number of carbonyl (C=O) groups excluding carboxylic acids is 1. The number of nitrogens with zero attached hydrogens (tertiary/aromatic N) is 1. The Morgan fingerprint density at radius 3 is 2.56 bits per heavy atom. The number of hydrogen-bond acceptors (Lipinski definition) is 3. The molecule has 0 bridgehead atoms. The van der Waals surface area contributed by atoms with Gasteiger partial charge in [-0.25, -0.2) is 4.98 Å². The van der Waals surface area contributed by atoms with Crippen molar-refractivity contribution in [2.45, 2.75) is 33.6 Å². The summed E-state index contributed by atoms with van der Waals surface area (Å²) in [5.41, 5.74) is 5.35. The molecule has 1 aromatic heterocycles. The van der Waals surface area contributed by atoms with Gasteiger partial charge in [-0.15, -0.1) is 11.3 Å². The Kier molecular flexibility index (Phi) is 5.29. The number of amides is 1. The number of rotatable bonds is 5. The van der Waals surface area contributed by atoms with Crippen LogP contribution in [0.2, 0.25) is 0 Å². The highest BCUT2D eigenvalue weighted by Gasteiger charge is 2.13. The molecule has 0 saturated heterocycles. The number of carbonyl (C=O) groups is 1. The van der Waals surface area contributed by atoms with Gasteiger partial charge < -0.3 is 5.32 Å². The van der Waals surface area contributed by atoms with E-state index in [-0.39, 0.29) is 5.91 Å². The molecular formula is C21H22N2OS. The van der Waals surface area contributed by atoms with Crippen LogP contribution >= 0.6 is 11.3 Å². The fourth-order valence-electron chi connectivity index (χ4n) is 2.76. The average molecular weight is 350 g/mol. The number of benzene rings is 2. The Morgan fingerprint density at radius 2 is 1.88 bits per heavy atom. The van der Waals surface area contributed by atoms with Gasteiger partial charge in [-0.05, 0) is 43.5 Å². The molecule has 25 heavy (non-hydrogen) atoms. The normalized spacial score (nSPS) is 10.7. The first-order chi connectivity index (χ1) is 12.0. The van der Waals surface area contributed by atoms with Gasteiger partial charge in [0.15, 0.2) is 0 Å². The van der Waals surface area contributed by atoms with Gasteiger partial charge in [0.2, 0.25) is 5.91 Å². The van der Waals surface area contributed by atoms with Crippen molar-refractivity contribution in [2.75, 3.05) is 5.32 Å². The summed E-state index contributed by atoms with van der Waals surface area (Å²) in [6, 6.07) is 16.3. The highest BCUT2D eigenvalue weighted by Crippen LogP contribution is 2.28. The molecule has 128 valence electrons. The molecule has 3 aromatic rings. The van der Waals surface area contributed by atoms with Crippen LogP contribution in [0.25, 0.3) is 11.3 Å². The van der Waals surface area contributed by atoms with E-state index in [0.29, 0.717) is 6.42 Å².